The first-order valence-corrected chi connectivity index (χ1v) is 22.6. The number of carbonyl (C=O) groups is 1. The van der Waals surface area contributed by atoms with E-state index in [2.05, 4.69) is 54.5 Å². The number of aliphatic hydroxyl groups excluding tert-OH is 3. The maximum Gasteiger partial charge on any atom is 0.397 e. The van der Waals surface area contributed by atoms with Gasteiger partial charge < -0.3 is 34.3 Å². The molecule has 1 fully saturated rings. The van der Waals surface area contributed by atoms with E-state index < -0.39 is 59.8 Å². The maximum atomic E-state index is 12.8. The number of ether oxygens (including phenoxy) is 4. The second-order valence-corrected chi connectivity index (χ2v) is 15.6. The van der Waals surface area contributed by atoms with Crippen LogP contribution in [0.3, 0.4) is 0 Å². The van der Waals surface area contributed by atoms with Crippen molar-refractivity contribution in [2.75, 3.05) is 26.4 Å². The molecular formula is C42H76O12S. The van der Waals surface area contributed by atoms with Gasteiger partial charge in [-0.05, 0) is 70.6 Å². The third kappa shape index (κ3) is 28.4. The summed E-state index contributed by atoms with van der Waals surface area (Å²) < 4.78 is 58.9. The summed E-state index contributed by atoms with van der Waals surface area (Å²) in [5.41, 5.74) is 0. The summed E-state index contributed by atoms with van der Waals surface area (Å²) in [6.07, 6.45) is 28.9. The van der Waals surface area contributed by atoms with Crippen LogP contribution in [0.25, 0.3) is 0 Å². The predicted octanol–water partition coefficient (Wildman–Crippen LogP) is 8.24. The third-order valence-corrected chi connectivity index (χ3v) is 9.95. The zero-order valence-electron chi connectivity index (χ0n) is 34.0. The molecule has 1 saturated heterocycles. The molecule has 55 heavy (non-hydrogen) atoms. The molecule has 6 atom stereocenters. The van der Waals surface area contributed by atoms with E-state index in [1.165, 1.54) is 57.8 Å². The lowest BCUT2D eigenvalue weighted by atomic mass is 9.99. The van der Waals surface area contributed by atoms with Crippen LogP contribution in [0.5, 0.6) is 0 Å². The van der Waals surface area contributed by atoms with Crippen LogP contribution in [0.1, 0.15) is 162 Å². The summed E-state index contributed by atoms with van der Waals surface area (Å²) in [6, 6.07) is 0. The van der Waals surface area contributed by atoms with Crippen molar-refractivity contribution in [3.8, 4) is 0 Å². The van der Waals surface area contributed by atoms with Gasteiger partial charge in [-0.2, -0.15) is 8.42 Å². The zero-order valence-corrected chi connectivity index (χ0v) is 34.8. The van der Waals surface area contributed by atoms with E-state index in [9.17, 15) is 28.5 Å². The predicted molar refractivity (Wildman–Crippen MR) is 216 cm³/mol. The highest BCUT2D eigenvalue weighted by Gasteiger charge is 2.48. The molecular weight excluding hydrogens is 729 g/mol. The molecule has 0 bridgehead atoms. The number of esters is 1. The van der Waals surface area contributed by atoms with E-state index in [1.54, 1.807) is 0 Å². The molecule has 4 N–H and O–H groups in total. The van der Waals surface area contributed by atoms with Crippen LogP contribution < -0.4 is 0 Å². The third-order valence-electron chi connectivity index (χ3n) is 9.48. The molecule has 0 radical (unpaired) electrons. The van der Waals surface area contributed by atoms with Crippen LogP contribution in [-0.2, 0) is 38.3 Å². The zero-order chi connectivity index (χ0) is 40.4. The summed E-state index contributed by atoms with van der Waals surface area (Å²) in [5.74, 6) is -0.415. The Morgan fingerprint density at radius 2 is 1.20 bits per heavy atom. The molecule has 0 aliphatic carbocycles. The molecule has 13 heteroatoms. The van der Waals surface area contributed by atoms with Crippen molar-refractivity contribution in [1.82, 2.24) is 0 Å². The number of allylic oxidation sites excluding steroid dienone is 6. The van der Waals surface area contributed by atoms with E-state index in [0.29, 0.717) is 13.0 Å². The highest BCUT2D eigenvalue weighted by atomic mass is 32.3. The second kappa shape index (κ2) is 34.4. The van der Waals surface area contributed by atoms with Gasteiger partial charge in [0.1, 0.15) is 30.5 Å². The minimum Gasteiger partial charge on any atom is -0.457 e. The summed E-state index contributed by atoms with van der Waals surface area (Å²) in [5, 5.41) is 30.6. The van der Waals surface area contributed by atoms with Gasteiger partial charge in [-0.15, -0.1) is 0 Å². The van der Waals surface area contributed by atoms with E-state index in [-0.39, 0.29) is 19.6 Å². The van der Waals surface area contributed by atoms with Crippen molar-refractivity contribution in [2.24, 2.45) is 0 Å². The van der Waals surface area contributed by atoms with E-state index in [1.807, 2.05) is 0 Å². The number of hydrogen-bond donors (Lipinski definition) is 4. The number of hydrogen-bond acceptors (Lipinski definition) is 11. The molecule has 1 heterocycles. The fourth-order valence-corrected chi connectivity index (χ4v) is 6.73. The highest BCUT2D eigenvalue weighted by molar-refractivity contribution is 7.80. The Bertz CT molecular complexity index is 1110. The van der Waals surface area contributed by atoms with Gasteiger partial charge in [-0.25, -0.2) is 4.18 Å². The van der Waals surface area contributed by atoms with Gasteiger partial charge in [0.05, 0.1) is 19.8 Å². The Labute approximate surface area is 333 Å². The molecule has 0 saturated carbocycles. The van der Waals surface area contributed by atoms with Crippen LogP contribution in [0.15, 0.2) is 36.5 Å². The topological polar surface area (TPSA) is 178 Å². The normalized spacial score (nSPS) is 21.3. The molecule has 0 amide bonds. The Balaban J connectivity index is 2.47. The van der Waals surface area contributed by atoms with Gasteiger partial charge in [0.15, 0.2) is 6.29 Å². The molecule has 1 aliphatic rings. The van der Waals surface area contributed by atoms with Crippen LogP contribution >= 0.6 is 0 Å². The van der Waals surface area contributed by atoms with Crippen molar-refractivity contribution < 1.29 is 56.2 Å². The highest BCUT2D eigenvalue weighted by Crippen LogP contribution is 2.26. The summed E-state index contributed by atoms with van der Waals surface area (Å²) in [6.45, 7) is 3.89. The van der Waals surface area contributed by atoms with Crippen LogP contribution in [0, 0.1) is 0 Å². The van der Waals surface area contributed by atoms with Crippen LogP contribution in [0.2, 0.25) is 0 Å². The maximum absolute atomic E-state index is 12.8. The summed E-state index contributed by atoms with van der Waals surface area (Å²) >= 11 is 0. The fraction of sp³-hybridized carbons (Fsp3) is 0.833. The monoisotopic (exact) mass is 805 g/mol. The van der Waals surface area contributed by atoms with Crippen molar-refractivity contribution in [3.05, 3.63) is 36.5 Å². The Morgan fingerprint density at radius 1 is 0.691 bits per heavy atom. The van der Waals surface area contributed by atoms with Gasteiger partial charge in [0.2, 0.25) is 0 Å². The molecule has 0 aromatic rings. The number of aliphatic hydroxyl groups is 3. The number of unbranched alkanes of at least 4 members (excludes halogenated alkanes) is 17. The summed E-state index contributed by atoms with van der Waals surface area (Å²) in [7, 11) is -5.06. The molecule has 12 nitrogen and oxygen atoms in total. The first kappa shape index (κ1) is 51.3. The first-order chi connectivity index (χ1) is 26.6. The van der Waals surface area contributed by atoms with Crippen molar-refractivity contribution >= 4 is 16.4 Å². The molecule has 0 spiro atoms. The summed E-state index contributed by atoms with van der Waals surface area (Å²) in [4.78, 5) is 12.8. The van der Waals surface area contributed by atoms with Crippen LogP contribution in [0.4, 0.5) is 0 Å². The molecule has 1 aliphatic heterocycles. The molecule has 0 aromatic carbocycles. The Hall–Kier alpha value is -1.68. The van der Waals surface area contributed by atoms with Crippen molar-refractivity contribution in [3.63, 3.8) is 0 Å². The lowest BCUT2D eigenvalue weighted by Crippen LogP contribution is -2.60. The number of carbonyl (C=O) groups excluding carboxylic acids is 1. The lowest BCUT2D eigenvalue weighted by Gasteiger charge is -2.41. The van der Waals surface area contributed by atoms with Gasteiger partial charge in [0.25, 0.3) is 0 Å². The molecule has 0 aromatic heterocycles. The van der Waals surface area contributed by atoms with E-state index in [4.69, 9.17) is 23.5 Å². The first-order valence-electron chi connectivity index (χ1n) is 21.2. The SMILES string of the molecule is CCCCC/C=C\C/C=C\CCCCCCCCOCC(COC1OC(CO)C(O)C(OS(=O)(=O)O)C1O)OC(=O)CCCCCCC/C=C\CCCCC. The smallest absolute Gasteiger partial charge is 0.397 e. The number of rotatable bonds is 36. The molecule has 1 rings (SSSR count). The quantitative estimate of drug-likeness (QED) is 0.0207. The standard InChI is InChI=1S/C42H76O12S/c1-3-5-7-9-11-13-15-17-18-19-20-22-24-26-28-30-32-50-34-36(52-38(44)31-29-27-25-23-21-16-14-12-10-8-6-4-2)35-51-42-40(46)41(54-55(47,48)49)39(45)37(33-43)53-42/h11-14,17-18,36-37,39-43,45-46H,3-10,15-16,19-35H2,1-2H3,(H,47,48,49)/b13-11-,14-12-,18-17-. The second-order valence-electron chi connectivity index (χ2n) is 14.6. The van der Waals surface area contributed by atoms with Crippen molar-refractivity contribution in [2.45, 2.75) is 198 Å². The largest absolute Gasteiger partial charge is 0.457 e. The molecule has 322 valence electrons. The Kier molecular flexibility index (Phi) is 32.1. The van der Waals surface area contributed by atoms with Gasteiger partial charge >= 0.3 is 16.4 Å². The van der Waals surface area contributed by atoms with Crippen molar-refractivity contribution in [1.29, 1.82) is 0 Å². The van der Waals surface area contributed by atoms with E-state index >= 15 is 0 Å². The minimum absolute atomic E-state index is 0.0256. The van der Waals surface area contributed by atoms with Gasteiger partial charge in [0, 0.05) is 13.0 Å². The average molecular weight is 805 g/mol. The Morgan fingerprint density at radius 3 is 1.75 bits per heavy atom. The lowest BCUT2D eigenvalue weighted by molar-refractivity contribution is -0.301. The minimum atomic E-state index is -5.06. The fourth-order valence-electron chi connectivity index (χ4n) is 6.22. The molecule has 6 unspecified atom stereocenters. The van der Waals surface area contributed by atoms with E-state index in [0.717, 1.165) is 77.0 Å². The van der Waals surface area contributed by atoms with Gasteiger partial charge in [-0.3, -0.25) is 9.35 Å². The average Bonchev–Trinajstić information content (AvgIpc) is 3.15. The van der Waals surface area contributed by atoms with Crippen LogP contribution in [-0.4, -0.2) is 97.5 Å². The van der Waals surface area contributed by atoms with Gasteiger partial charge in [-0.1, -0.05) is 121 Å².